The SMILES string of the molecule is Cc1ccc(C)c2sc(OC3CCN(C(=O)c4ccc(C(=O)c5ccccc5)cc4)CC3)nc12. The number of hydrogen-bond acceptors (Lipinski definition) is 5. The molecule has 1 fully saturated rings. The number of rotatable bonds is 5. The van der Waals surface area contributed by atoms with Crippen LogP contribution in [-0.4, -0.2) is 40.8 Å². The van der Waals surface area contributed by atoms with Gasteiger partial charge in [0.2, 0.25) is 0 Å². The molecule has 0 bridgehead atoms. The van der Waals surface area contributed by atoms with E-state index in [4.69, 9.17) is 9.72 Å². The number of nitrogens with zero attached hydrogens (tertiary/aromatic N) is 2. The molecule has 2 heterocycles. The Kier molecular flexibility index (Phi) is 6.16. The van der Waals surface area contributed by atoms with Crippen LogP contribution >= 0.6 is 11.3 Å². The van der Waals surface area contributed by atoms with Crippen molar-refractivity contribution in [3.8, 4) is 5.19 Å². The van der Waals surface area contributed by atoms with Crippen LogP contribution in [0.1, 0.15) is 50.2 Å². The van der Waals surface area contributed by atoms with Crippen LogP contribution in [0.5, 0.6) is 5.19 Å². The molecule has 172 valence electrons. The Hall–Kier alpha value is -3.51. The van der Waals surface area contributed by atoms with Gasteiger partial charge in [-0.2, -0.15) is 0 Å². The van der Waals surface area contributed by atoms with Crippen LogP contribution in [-0.2, 0) is 0 Å². The van der Waals surface area contributed by atoms with Crippen LogP contribution in [0.2, 0.25) is 0 Å². The molecule has 1 aromatic heterocycles. The minimum Gasteiger partial charge on any atom is -0.467 e. The second-order valence-corrected chi connectivity index (χ2v) is 9.70. The molecule has 1 aliphatic rings. The first kappa shape index (κ1) is 22.3. The maximum Gasteiger partial charge on any atom is 0.274 e. The van der Waals surface area contributed by atoms with Crippen molar-refractivity contribution < 1.29 is 14.3 Å². The standard InChI is InChI=1S/C28H26N2O3S/c1-18-8-9-19(2)26-24(18)29-28(34-26)33-23-14-16-30(17-15-23)27(32)22-12-10-21(11-13-22)25(31)20-6-4-3-5-7-20/h3-13,23H,14-17H2,1-2H3. The lowest BCUT2D eigenvalue weighted by Gasteiger charge is -2.31. The number of thiazole rings is 1. The van der Waals surface area contributed by atoms with Gasteiger partial charge in [0.05, 0.1) is 10.2 Å². The minimum atomic E-state index is -0.0437. The molecule has 0 radical (unpaired) electrons. The van der Waals surface area contributed by atoms with E-state index in [0.29, 0.717) is 35.0 Å². The Morgan fingerprint density at radius 1 is 0.853 bits per heavy atom. The fourth-order valence-corrected chi connectivity index (χ4v) is 5.34. The fraction of sp³-hybridized carbons (Fsp3) is 0.250. The fourth-order valence-electron chi connectivity index (χ4n) is 4.31. The number of fused-ring (bicyclic) bond motifs is 1. The third-order valence-corrected chi connectivity index (χ3v) is 7.43. The molecule has 34 heavy (non-hydrogen) atoms. The quantitative estimate of drug-likeness (QED) is 0.345. The van der Waals surface area contributed by atoms with Gasteiger partial charge in [0.15, 0.2) is 5.78 Å². The number of ether oxygens (including phenoxy) is 1. The smallest absolute Gasteiger partial charge is 0.274 e. The molecule has 0 aliphatic carbocycles. The normalized spacial score (nSPS) is 14.4. The monoisotopic (exact) mass is 470 g/mol. The van der Waals surface area contributed by atoms with Crippen LogP contribution in [0.15, 0.2) is 66.7 Å². The molecule has 1 aliphatic heterocycles. The predicted octanol–water partition coefficient (Wildman–Crippen LogP) is 5.83. The first-order valence-electron chi connectivity index (χ1n) is 11.5. The first-order valence-corrected chi connectivity index (χ1v) is 12.3. The van der Waals surface area contributed by atoms with Crippen LogP contribution in [0.4, 0.5) is 0 Å². The Morgan fingerprint density at radius 3 is 2.15 bits per heavy atom. The number of aryl methyl sites for hydroxylation is 2. The van der Waals surface area contributed by atoms with Crippen molar-refractivity contribution >= 4 is 33.2 Å². The number of piperidine rings is 1. The van der Waals surface area contributed by atoms with Crippen LogP contribution in [0.3, 0.4) is 0 Å². The van der Waals surface area contributed by atoms with Gasteiger partial charge in [-0.25, -0.2) is 4.98 Å². The number of hydrogen-bond donors (Lipinski definition) is 0. The molecule has 5 rings (SSSR count). The lowest BCUT2D eigenvalue weighted by molar-refractivity contribution is 0.0595. The van der Waals surface area contributed by atoms with Gasteiger partial charge in [0.1, 0.15) is 6.10 Å². The van der Waals surface area contributed by atoms with Crippen molar-refractivity contribution in [2.75, 3.05) is 13.1 Å². The summed E-state index contributed by atoms with van der Waals surface area (Å²) in [6.07, 6.45) is 1.59. The van der Waals surface area contributed by atoms with Gasteiger partial charge in [-0.3, -0.25) is 9.59 Å². The predicted molar refractivity (Wildman–Crippen MR) is 135 cm³/mol. The number of aromatic nitrogens is 1. The van der Waals surface area contributed by atoms with E-state index in [0.717, 1.165) is 23.9 Å². The molecule has 0 atom stereocenters. The van der Waals surface area contributed by atoms with Gasteiger partial charge < -0.3 is 9.64 Å². The van der Waals surface area contributed by atoms with E-state index in [1.54, 1.807) is 47.7 Å². The summed E-state index contributed by atoms with van der Waals surface area (Å²) in [6, 6.07) is 20.3. The molecule has 0 saturated carbocycles. The van der Waals surface area contributed by atoms with E-state index in [1.165, 1.54) is 10.3 Å². The van der Waals surface area contributed by atoms with Gasteiger partial charge >= 0.3 is 0 Å². The lowest BCUT2D eigenvalue weighted by atomic mass is 10.0. The number of amides is 1. The van der Waals surface area contributed by atoms with Crippen molar-refractivity contribution in [1.82, 2.24) is 9.88 Å². The number of carbonyl (C=O) groups is 2. The Balaban J connectivity index is 1.19. The third-order valence-electron chi connectivity index (χ3n) is 6.35. The van der Waals surface area contributed by atoms with E-state index < -0.39 is 0 Å². The lowest BCUT2D eigenvalue weighted by Crippen LogP contribution is -2.41. The molecule has 6 heteroatoms. The van der Waals surface area contributed by atoms with Crippen LogP contribution < -0.4 is 4.74 Å². The van der Waals surface area contributed by atoms with Crippen molar-refractivity contribution in [2.45, 2.75) is 32.8 Å². The molecule has 1 amide bonds. The van der Waals surface area contributed by atoms with Gasteiger partial charge in [0, 0.05) is 42.6 Å². The summed E-state index contributed by atoms with van der Waals surface area (Å²) in [5, 5.41) is 0.704. The highest BCUT2D eigenvalue weighted by atomic mass is 32.1. The Morgan fingerprint density at radius 2 is 1.47 bits per heavy atom. The summed E-state index contributed by atoms with van der Waals surface area (Å²) in [5.74, 6) is -0.0545. The van der Waals surface area contributed by atoms with Crippen LogP contribution in [0, 0.1) is 13.8 Å². The first-order chi connectivity index (χ1) is 16.5. The van der Waals surface area contributed by atoms with E-state index in [9.17, 15) is 9.59 Å². The zero-order chi connectivity index (χ0) is 23.7. The number of likely N-dealkylation sites (tertiary alicyclic amines) is 1. The molecule has 0 unspecified atom stereocenters. The number of benzene rings is 3. The summed E-state index contributed by atoms with van der Waals surface area (Å²) in [5.41, 5.74) is 5.20. The average molecular weight is 471 g/mol. The largest absolute Gasteiger partial charge is 0.467 e. The van der Waals surface area contributed by atoms with Crippen molar-refractivity contribution in [2.24, 2.45) is 0 Å². The second kappa shape index (κ2) is 9.39. The zero-order valence-electron chi connectivity index (χ0n) is 19.3. The third kappa shape index (κ3) is 4.46. The van der Waals surface area contributed by atoms with Crippen LogP contribution in [0.25, 0.3) is 10.2 Å². The maximum atomic E-state index is 13.0. The second-order valence-electron chi connectivity index (χ2n) is 8.74. The molecular weight excluding hydrogens is 444 g/mol. The Bertz CT molecular complexity index is 1300. The van der Waals surface area contributed by atoms with Crippen molar-refractivity contribution in [1.29, 1.82) is 0 Å². The highest BCUT2D eigenvalue weighted by molar-refractivity contribution is 7.20. The number of carbonyl (C=O) groups excluding carboxylic acids is 2. The summed E-state index contributed by atoms with van der Waals surface area (Å²) in [7, 11) is 0. The van der Waals surface area contributed by atoms with Gasteiger partial charge in [-0.1, -0.05) is 65.9 Å². The topological polar surface area (TPSA) is 59.5 Å². The van der Waals surface area contributed by atoms with E-state index in [-0.39, 0.29) is 17.8 Å². The summed E-state index contributed by atoms with van der Waals surface area (Å²) in [4.78, 5) is 32.2. The summed E-state index contributed by atoms with van der Waals surface area (Å²) >= 11 is 1.60. The van der Waals surface area contributed by atoms with Gasteiger partial charge in [0.25, 0.3) is 11.1 Å². The molecule has 3 aromatic carbocycles. The molecule has 0 N–H and O–H groups in total. The van der Waals surface area contributed by atoms with E-state index in [2.05, 4.69) is 26.0 Å². The number of ketones is 1. The highest BCUT2D eigenvalue weighted by Crippen LogP contribution is 2.33. The molecular formula is C28H26N2O3S. The summed E-state index contributed by atoms with van der Waals surface area (Å²) < 4.78 is 7.38. The minimum absolute atomic E-state index is 0.0107. The van der Waals surface area contributed by atoms with Crippen molar-refractivity contribution in [3.05, 3.63) is 94.5 Å². The molecule has 1 saturated heterocycles. The molecule has 5 nitrogen and oxygen atoms in total. The average Bonchev–Trinajstić information content (AvgIpc) is 3.32. The zero-order valence-corrected chi connectivity index (χ0v) is 20.1. The van der Waals surface area contributed by atoms with Crippen molar-refractivity contribution in [3.63, 3.8) is 0 Å². The molecule has 0 spiro atoms. The highest BCUT2D eigenvalue weighted by Gasteiger charge is 2.26. The van der Waals surface area contributed by atoms with Gasteiger partial charge in [-0.15, -0.1) is 0 Å². The maximum absolute atomic E-state index is 13.0. The van der Waals surface area contributed by atoms with E-state index in [1.807, 2.05) is 23.1 Å². The summed E-state index contributed by atoms with van der Waals surface area (Å²) in [6.45, 7) is 5.44. The van der Waals surface area contributed by atoms with E-state index >= 15 is 0 Å². The molecule has 4 aromatic rings. The Labute approximate surface area is 203 Å². The van der Waals surface area contributed by atoms with Gasteiger partial charge in [-0.05, 0) is 37.1 Å².